The summed E-state index contributed by atoms with van der Waals surface area (Å²) in [6.45, 7) is 3.34. The Kier molecular flexibility index (Phi) is 4.43. The molecule has 1 saturated heterocycles. The van der Waals surface area contributed by atoms with Crippen LogP contribution in [0.15, 0.2) is 35.9 Å². The molecule has 114 valence electrons. The van der Waals surface area contributed by atoms with Crippen molar-refractivity contribution in [2.45, 2.75) is 37.5 Å². The summed E-state index contributed by atoms with van der Waals surface area (Å²) >= 11 is 1.95. The van der Waals surface area contributed by atoms with Crippen molar-refractivity contribution in [2.24, 2.45) is 5.41 Å². The van der Waals surface area contributed by atoms with Gasteiger partial charge in [-0.15, -0.1) is 11.8 Å². The Morgan fingerprint density at radius 3 is 2.81 bits per heavy atom. The summed E-state index contributed by atoms with van der Waals surface area (Å²) in [6.07, 6.45) is 6.47. The molecule has 3 heteroatoms. The van der Waals surface area contributed by atoms with Crippen molar-refractivity contribution in [3.05, 3.63) is 41.5 Å². The first-order valence-corrected chi connectivity index (χ1v) is 8.84. The summed E-state index contributed by atoms with van der Waals surface area (Å²) in [4.78, 5) is -0.130. The summed E-state index contributed by atoms with van der Waals surface area (Å²) < 4.78 is 6.23. The number of ether oxygens (including phenoxy) is 1. The minimum absolute atomic E-state index is 0.0724. The van der Waals surface area contributed by atoms with Crippen molar-refractivity contribution in [1.29, 1.82) is 0 Å². The molecular weight excluding hydrogens is 280 g/mol. The number of hydrogen-bond acceptors (Lipinski definition) is 3. The molecule has 0 amide bonds. The van der Waals surface area contributed by atoms with Crippen LogP contribution in [0.1, 0.15) is 38.2 Å². The molecule has 0 bridgehead atoms. The molecule has 2 nitrogen and oxygen atoms in total. The number of aliphatic hydroxyl groups excluding tert-OH is 1. The van der Waals surface area contributed by atoms with Gasteiger partial charge in [0.15, 0.2) is 0 Å². The van der Waals surface area contributed by atoms with Crippen LogP contribution in [0.5, 0.6) is 0 Å². The molecule has 1 saturated carbocycles. The zero-order valence-corrected chi connectivity index (χ0v) is 13.5. The molecule has 1 heterocycles. The van der Waals surface area contributed by atoms with Gasteiger partial charge < -0.3 is 9.84 Å². The standard InChI is InChI=1S/C18H24O2S/c1-17(10-11-19)16(14-15-6-3-2-4-7-15)8-5-9-18(17)20-12-13-21-18/h2-4,6-7,14,19H,5,8-13H2,1H3/b16-14+/t17-,18-/m1/s1. The van der Waals surface area contributed by atoms with Gasteiger partial charge in [0.05, 0.1) is 6.61 Å². The van der Waals surface area contributed by atoms with E-state index in [-0.39, 0.29) is 17.0 Å². The van der Waals surface area contributed by atoms with Crippen LogP contribution in [0.4, 0.5) is 0 Å². The Bertz CT molecular complexity index is 505. The Morgan fingerprint density at radius 2 is 2.14 bits per heavy atom. The van der Waals surface area contributed by atoms with Gasteiger partial charge in [-0.25, -0.2) is 0 Å². The van der Waals surface area contributed by atoms with Crippen LogP contribution in [0.2, 0.25) is 0 Å². The second-order valence-electron chi connectivity index (χ2n) is 6.19. The average Bonchev–Trinajstić information content (AvgIpc) is 2.96. The fourth-order valence-electron chi connectivity index (χ4n) is 3.78. The normalized spacial score (nSPS) is 34.7. The molecule has 1 N–H and O–H groups in total. The van der Waals surface area contributed by atoms with Crippen LogP contribution in [0, 0.1) is 5.41 Å². The zero-order valence-electron chi connectivity index (χ0n) is 12.7. The highest BCUT2D eigenvalue weighted by atomic mass is 32.2. The van der Waals surface area contributed by atoms with Crippen LogP contribution >= 0.6 is 11.8 Å². The Balaban J connectivity index is 2.00. The molecule has 3 rings (SSSR count). The molecule has 2 aliphatic rings. The number of benzene rings is 1. The molecule has 1 spiro atoms. The van der Waals surface area contributed by atoms with Crippen molar-refractivity contribution < 1.29 is 9.84 Å². The van der Waals surface area contributed by atoms with E-state index in [4.69, 9.17) is 4.74 Å². The van der Waals surface area contributed by atoms with Gasteiger partial charge in [-0.05, 0) is 31.2 Å². The van der Waals surface area contributed by atoms with Crippen LogP contribution in [-0.4, -0.2) is 29.0 Å². The van der Waals surface area contributed by atoms with Crippen molar-refractivity contribution >= 4 is 17.8 Å². The van der Waals surface area contributed by atoms with E-state index in [0.717, 1.165) is 31.6 Å². The van der Waals surface area contributed by atoms with Gasteiger partial charge in [-0.2, -0.15) is 0 Å². The lowest BCUT2D eigenvalue weighted by Crippen LogP contribution is -2.48. The lowest BCUT2D eigenvalue weighted by atomic mass is 9.66. The predicted octanol–water partition coefficient (Wildman–Crippen LogP) is 4.10. The summed E-state index contributed by atoms with van der Waals surface area (Å²) in [5.74, 6) is 1.07. The third kappa shape index (κ3) is 2.67. The van der Waals surface area contributed by atoms with E-state index in [1.807, 2.05) is 17.8 Å². The van der Waals surface area contributed by atoms with Gasteiger partial charge in [0.1, 0.15) is 4.93 Å². The van der Waals surface area contributed by atoms with Gasteiger partial charge in [0.2, 0.25) is 0 Å². The highest BCUT2D eigenvalue weighted by Gasteiger charge is 2.55. The third-order valence-electron chi connectivity index (χ3n) is 5.01. The molecule has 0 radical (unpaired) electrons. The van der Waals surface area contributed by atoms with E-state index in [1.165, 1.54) is 17.6 Å². The fourth-order valence-corrected chi connectivity index (χ4v) is 5.29. The molecule has 0 unspecified atom stereocenters. The SMILES string of the molecule is C[C@@]1(CCO)/C(=C/c2ccccc2)CCC[C@]12OCCS2. The van der Waals surface area contributed by atoms with Crippen LogP contribution in [0.25, 0.3) is 6.08 Å². The molecule has 1 aliphatic heterocycles. The van der Waals surface area contributed by atoms with Crippen LogP contribution in [-0.2, 0) is 4.74 Å². The van der Waals surface area contributed by atoms with Crippen LogP contribution in [0.3, 0.4) is 0 Å². The molecule has 1 aliphatic carbocycles. The van der Waals surface area contributed by atoms with Gasteiger partial charge >= 0.3 is 0 Å². The maximum Gasteiger partial charge on any atom is 0.122 e. The molecule has 2 fully saturated rings. The summed E-state index contributed by atoms with van der Waals surface area (Å²) in [6, 6.07) is 10.5. The van der Waals surface area contributed by atoms with Crippen LogP contribution < -0.4 is 0 Å². The highest BCUT2D eigenvalue weighted by molar-refractivity contribution is 8.00. The van der Waals surface area contributed by atoms with E-state index >= 15 is 0 Å². The van der Waals surface area contributed by atoms with Crippen molar-refractivity contribution in [1.82, 2.24) is 0 Å². The van der Waals surface area contributed by atoms with E-state index in [1.54, 1.807) is 0 Å². The fraction of sp³-hybridized carbons (Fsp3) is 0.556. The second kappa shape index (κ2) is 6.15. The highest BCUT2D eigenvalue weighted by Crippen LogP contribution is 2.59. The smallest absolute Gasteiger partial charge is 0.122 e. The molecular formula is C18H24O2S. The Hall–Kier alpha value is -0.770. The zero-order chi connectivity index (χ0) is 14.8. The minimum atomic E-state index is -0.130. The second-order valence-corrected chi connectivity index (χ2v) is 7.55. The largest absolute Gasteiger partial charge is 0.396 e. The molecule has 1 aromatic rings. The molecule has 21 heavy (non-hydrogen) atoms. The maximum atomic E-state index is 9.62. The monoisotopic (exact) mass is 304 g/mol. The van der Waals surface area contributed by atoms with E-state index < -0.39 is 0 Å². The van der Waals surface area contributed by atoms with Gasteiger partial charge in [-0.3, -0.25) is 0 Å². The lowest BCUT2D eigenvalue weighted by molar-refractivity contribution is -0.0530. The number of aliphatic hydroxyl groups is 1. The van der Waals surface area contributed by atoms with Gasteiger partial charge in [0.25, 0.3) is 0 Å². The first kappa shape index (κ1) is 15.1. The van der Waals surface area contributed by atoms with Gasteiger partial charge in [0, 0.05) is 17.8 Å². The minimum Gasteiger partial charge on any atom is -0.396 e. The number of rotatable bonds is 3. The van der Waals surface area contributed by atoms with E-state index in [0.29, 0.717) is 0 Å². The first-order chi connectivity index (χ1) is 10.2. The molecule has 2 atom stereocenters. The lowest BCUT2D eigenvalue weighted by Gasteiger charge is -2.50. The average molecular weight is 304 g/mol. The number of thioether (sulfide) groups is 1. The Labute approximate surface area is 131 Å². The van der Waals surface area contributed by atoms with E-state index in [2.05, 4.69) is 37.3 Å². The topological polar surface area (TPSA) is 29.5 Å². The summed E-state index contributed by atoms with van der Waals surface area (Å²) in [5.41, 5.74) is 2.61. The van der Waals surface area contributed by atoms with Crippen molar-refractivity contribution in [2.75, 3.05) is 19.0 Å². The van der Waals surface area contributed by atoms with Crippen molar-refractivity contribution in [3.63, 3.8) is 0 Å². The van der Waals surface area contributed by atoms with E-state index in [9.17, 15) is 5.11 Å². The summed E-state index contributed by atoms with van der Waals surface area (Å²) in [7, 11) is 0. The first-order valence-electron chi connectivity index (χ1n) is 7.85. The summed E-state index contributed by atoms with van der Waals surface area (Å²) in [5, 5.41) is 9.62. The molecule has 1 aromatic carbocycles. The van der Waals surface area contributed by atoms with Gasteiger partial charge in [-0.1, -0.05) is 48.9 Å². The quantitative estimate of drug-likeness (QED) is 0.911. The van der Waals surface area contributed by atoms with Crippen molar-refractivity contribution in [3.8, 4) is 0 Å². The maximum absolute atomic E-state index is 9.62. The number of hydrogen-bond donors (Lipinski definition) is 1. The third-order valence-corrected chi connectivity index (χ3v) is 6.62. The molecule has 0 aromatic heterocycles. The Morgan fingerprint density at radius 1 is 1.33 bits per heavy atom. The predicted molar refractivity (Wildman–Crippen MR) is 89.2 cm³/mol.